The largest absolute Gasteiger partial charge is 0.497 e. The summed E-state index contributed by atoms with van der Waals surface area (Å²) in [6.07, 6.45) is 2.03. The van der Waals surface area contributed by atoms with Gasteiger partial charge in [-0.2, -0.15) is 0 Å². The van der Waals surface area contributed by atoms with E-state index in [9.17, 15) is 14.4 Å². The lowest BCUT2D eigenvalue weighted by Crippen LogP contribution is -2.35. The Morgan fingerprint density at radius 2 is 1.56 bits per heavy atom. The third-order valence-corrected chi connectivity index (χ3v) is 5.69. The number of nitrogens with one attached hydrogen (secondary N) is 4. The molecule has 186 valence electrons. The monoisotopic (exact) mass is 488 g/mol. The van der Waals surface area contributed by atoms with E-state index >= 15 is 0 Å². The van der Waals surface area contributed by atoms with Gasteiger partial charge < -0.3 is 30.7 Å². The minimum absolute atomic E-state index is 0.0669. The van der Waals surface area contributed by atoms with Crippen molar-refractivity contribution in [3.63, 3.8) is 0 Å². The van der Waals surface area contributed by atoms with Crippen molar-refractivity contribution in [1.82, 2.24) is 5.32 Å². The predicted molar refractivity (Wildman–Crippen MR) is 138 cm³/mol. The number of anilines is 3. The number of carbonyl (C=O) groups is 3. The van der Waals surface area contributed by atoms with Crippen LogP contribution < -0.4 is 26.0 Å². The Kier molecular flexibility index (Phi) is 8.15. The van der Waals surface area contributed by atoms with Crippen molar-refractivity contribution in [3.8, 4) is 5.75 Å². The Hall–Kier alpha value is -4.37. The summed E-state index contributed by atoms with van der Waals surface area (Å²) < 4.78 is 10.6. The highest BCUT2D eigenvalue weighted by atomic mass is 16.5. The highest BCUT2D eigenvalue weighted by Gasteiger charge is 2.17. The maximum Gasteiger partial charge on any atom is 0.319 e. The van der Waals surface area contributed by atoms with Crippen molar-refractivity contribution >= 4 is 34.9 Å². The van der Waals surface area contributed by atoms with Gasteiger partial charge in [-0.05, 0) is 73.5 Å². The first-order valence-electron chi connectivity index (χ1n) is 11.6. The molecule has 0 aliphatic carbocycles. The lowest BCUT2D eigenvalue weighted by Gasteiger charge is -2.13. The van der Waals surface area contributed by atoms with Crippen LogP contribution in [0.15, 0.2) is 72.8 Å². The van der Waals surface area contributed by atoms with Crippen LogP contribution in [0.1, 0.15) is 33.6 Å². The van der Waals surface area contributed by atoms with Gasteiger partial charge in [0, 0.05) is 30.1 Å². The maximum absolute atomic E-state index is 12.9. The van der Waals surface area contributed by atoms with Gasteiger partial charge in [-0.15, -0.1) is 0 Å². The van der Waals surface area contributed by atoms with Crippen LogP contribution in [-0.2, 0) is 4.74 Å². The summed E-state index contributed by atoms with van der Waals surface area (Å²) in [7, 11) is 1.55. The molecule has 36 heavy (non-hydrogen) atoms. The Labute approximate surface area is 209 Å². The molecule has 0 aromatic heterocycles. The van der Waals surface area contributed by atoms with Gasteiger partial charge in [0.05, 0.1) is 24.5 Å². The van der Waals surface area contributed by atoms with Crippen LogP contribution >= 0.6 is 0 Å². The van der Waals surface area contributed by atoms with Crippen molar-refractivity contribution in [2.45, 2.75) is 18.9 Å². The zero-order chi connectivity index (χ0) is 25.3. The molecule has 9 heteroatoms. The van der Waals surface area contributed by atoms with Gasteiger partial charge in [0.2, 0.25) is 0 Å². The average Bonchev–Trinajstić information content (AvgIpc) is 3.43. The molecule has 0 radical (unpaired) electrons. The van der Waals surface area contributed by atoms with Crippen LogP contribution in [0.2, 0.25) is 0 Å². The number of carbonyl (C=O) groups excluding carboxylic acids is 3. The van der Waals surface area contributed by atoms with Crippen LogP contribution in [0.3, 0.4) is 0 Å². The van der Waals surface area contributed by atoms with Gasteiger partial charge in [0.1, 0.15) is 5.75 Å². The van der Waals surface area contributed by atoms with Crippen molar-refractivity contribution in [1.29, 1.82) is 0 Å². The molecule has 3 aromatic carbocycles. The van der Waals surface area contributed by atoms with E-state index in [0.717, 1.165) is 19.4 Å². The first kappa shape index (κ1) is 24.7. The Bertz CT molecular complexity index is 1210. The second kappa shape index (κ2) is 11.9. The lowest BCUT2D eigenvalue weighted by atomic mass is 10.1. The van der Waals surface area contributed by atoms with E-state index in [0.29, 0.717) is 40.5 Å². The summed E-state index contributed by atoms with van der Waals surface area (Å²) in [5.41, 5.74) is 2.27. The summed E-state index contributed by atoms with van der Waals surface area (Å²) in [4.78, 5) is 37.7. The molecule has 1 aliphatic heterocycles. The van der Waals surface area contributed by atoms with Crippen LogP contribution in [0, 0.1) is 0 Å². The lowest BCUT2D eigenvalue weighted by molar-refractivity contribution is 0.102. The molecule has 1 atom stereocenters. The molecule has 4 rings (SSSR count). The summed E-state index contributed by atoms with van der Waals surface area (Å²) in [5, 5.41) is 11.2. The number of benzene rings is 3. The Morgan fingerprint density at radius 3 is 2.22 bits per heavy atom. The van der Waals surface area contributed by atoms with Gasteiger partial charge in [-0.25, -0.2) is 4.79 Å². The first-order chi connectivity index (χ1) is 17.5. The number of urea groups is 1. The summed E-state index contributed by atoms with van der Waals surface area (Å²) in [6.45, 7) is 1.20. The van der Waals surface area contributed by atoms with E-state index in [2.05, 4.69) is 21.3 Å². The summed E-state index contributed by atoms with van der Waals surface area (Å²) in [5.74, 6) is -0.0754. The fraction of sp³-hybridized carbons (Fsp3) is 0.222. The molecule has 1 fully saturated rings. The van der Waals surface area contributed by atoms with Crippen LogP contribution in [0.5, 0.6) is 5.75 Å². The predicted octanol–water partition coefficient (Wildman–Crippen LogP) is 4.50. The first-order valence-corrected chi connectivity index (χ1v) is 11.6. The van der Waals surface area contributed by atoms with Crippen molar-refractivity contribution < 1.29 is 23.9 Å². The second-order valence-electron chi connectivity index (χ2n) is 8.23. The molecular weight excluding hydrogens is 460 g/mol. The van der Waals surface area contributed by atoms with Gasteiger partial charge in [0.15, 0.2) is 0 Å². The van der Waals surface area contributed by atoms with E-state index in [1.165, 1.54) is 0 Å². The number of hydrogen-bond acceptors (Lipinski definition) is 5. The fourth-order valence-electron chi connectivity index (χ4n) is 3.75. The number of amides is 4. The molecule has 0 bridgehead atoms. The van der Waals surface area contributed by atoms with E-state index < -0.39 is 0 Å². The molecule has 9 nitrogen and oxygen atoms in total. The molecule has 1 heterocycles. The fourth-order valence-corrected chi connectivity index (χ4v) is 3.75. The summed E-state index contributed by atoms with van der Waals surface area (Å²) in [6, 6.07) is 19.9. The maximum atomic E-state index is 12.9. The molecular formula is C27H28N4O5. The Balaban J connectivity index is 1.34. The molecule has 4 amide bonds. The SMILES string of the molecule is COc1ccc(C(=O)Nc2ccccc2C(=O)Nc2ccc(NC(=O)NCC3CCCO3)cc2)cc1. The smallest absolute Gasteiger partial charge is 0.319 e. The van der Waals surface area contributed by atoms with Gasteiger partial charge in [-0.1, -0.05) is 12.1 Å². The third-order valence-electron chi connectivity index (χ3n) is 5.69. The van der Waals surface area contributed by atoms with Crippen LogP contribution in [-0.4, -0.2) is 44.2 Å². The molecule has 1 unspecified atom stereocenters. The molecule has 0 saturated carbocycles. The van der Waals surface area contributed by atoms with Gasteiger partial charge in [0.25, 0.3) is 11.8 Å². The van der Waals surface area contributed by atoms with Crippen LogP contribution in [0.25, 0.3) is 0 Å². The van der Waals surface area contributed by atoms with E-state index in [4.69, 9.17) is 9.47 Å². The van der Waals surface area contributed by atoms with Crippen molar-refractivity contribution in [2.24, 2.45) is 0 Å². The second-order valence-corrected chi connectivity index (χ2v) is 8.23. The zero-order valence-corrected chi connectivity index (χ0v) is 19.9. The minimum Gasteiger partial charge on any atom is -0.497 e. The zero-order valence-electron chi connectivity index (χ0n) is 19.9. The molecule has 1 aliphatic rings. The molecule has 0 spiro atoms. The van der Waals surface area contributed by atoms with Crippen LogP contribution in [0.4, 0.5) is 21.9 Å². The number of para-hydroxylation sites is 1. The van der Waals surface area contributed by atoms with Crippen molar-refractivity contribution in [2.75, 3.05) is 36.2 Å². The molecule has 1 saturated heterocycles. The van der Waals surface area contributed by atoms with E-state index in [-0.39, 0.29) is 23.9 Å². The standard InChI is InChI=1S/C27H28N4O5/c1-35-21-14-8-18(9-15-21)25(32)31-24-7-3-2-6-23(24)26(33)29-19-10-12-20(13-11-19)30-27(34)28-17-22-5-4-16-36-22/h2-3,6-15,22H,4-5,16-17H2,1H3,(H,29,33)(H,31,32)(H2,28,30,34). The number of ether oxygens (including phenoxy) is 2. The Morgan fingerprint density at radius 1 is 0.861 bits per heavy atom. The van der Waals surface area contributed by atoms with E-state index in [1.807, 2.05) is 0 Å². The van der Waals surface area contributed by atoms with Gasteiger partial charge in [-0.3, -0.25) is 9.59 Å². The number of hydrogen-bond donors (Lipinski definition) is 4. The topological polar surface area (TPSA) is 118 Å². The third kappa shape index (κ3) is 6.61. The molecule has 4 N–H and O–H groups in total. The average molecular weight is 489 g/mol. The number of rotatable bonds is 8. The number of methoxy groups -OCH3 is 1. The quantitative estimate of drug-likeness (QED) is 0.372. The van der Waals surface area contributed by atoms with Crippen molar-refractivity contribution in [3.05, 3.63) is 83.9 Å². The minimum atomic E-state index is -0.379. The molecule has 3 aromatic rings. The van der Waals surface area contributed by atoms with E-state index in [1.54, 1.807) is 79.9 Å². The highest BCUT2D eigenvalue weighted by molar-refractivity contribution is 6.12. The normalized spacial score (nSPS) is 14.5. The summed E-state index contributed by atoms with van der Waals surface area (Å²) >= 11 is 0. The highest BCUT2D eigenvalue weighted by Crippen LogP contribution is 2.20. The van der Waals surface area contributed by atoms with Gasteiger partial charge >= 0.3 is 6.03 Å².